The maximum Gasteiger partial charge on any atom is 0.338 e. The van der Waals surface area contributed by atoms with Crippen LogP contribution in [0.4, 0.5) is 0 Å². The predicted molar refractivity (Wildman–Crippen MR) is 125 cm³/mol. The molecule has 0 unspecified atom stereocenters. The van der Waals surface area contributed by atoms with Gasteiger partial charge in [-0.1, -0.05) is 36.9 Å². The summed E-state index contributed by atoms with van der Waals surface area (Å²) in [7, 11) is -4.70. The number of nitrogens with zero attached hydrogens (tertiary/aromatic N) is 1. The molecule has 3 aromatic carbocycles. The van der Waals surface area contributed by atoms with Gasteiger partial charge < -0.3 is 9.47 Å². The van der Waals surface area contributed by atoms with E-state index in [9.17, 15) is 27.6 Å². The number of ether oxygens (including phenoxy) is 2. The van der Waals surface area contributed by atoms with Crippen molar-refractivity contribution in [2.24, 2.45) is 0 Å². The summed E-state index contributed by atoms with van der Waals surface area (Å²) in [5.74, 6) is -3.40. The van der Waals surface area contributed by atoms with Gasteiger partial charge in [-0.25, -0.2) is 9.59 Å². The predicted octanol–water partition coefficient (Wildman–Crippen LogP) is 3.03. The summed E-state index contributed by atoms with van der Waals surface area (Å²) in [6, 6.07) is 14.3. The van der Waals surface area contributed by atoms with E-state index in [1.165, 1.54) is 31.2 Å². The molecule has 0 aliphatic carbocycles. The number of hydroxylamine groups is 2. The molecule has 0 N–H and O–H groups in total. The molecule has 0 radical (unpaired) electrons. The summed E-state index contributed by atoms with van der Waals surface area (Å²) >= 11 is 0. The first-order valence-electron chi connectivity index (χ1n) is 10.5. The number of carbonyl (C=O) groups excluding carboxylic acids is 4. The molecule has 10 nitrogen and oxygen atoms in total. The van der Waals surface area contributed by atoms with Crippen LogP contribution in [0.1, 0.15) is 38.0 Å². The minimum absolute atomic E-state index is 0.113. The zero-order valence-electron chi connectivity index (χ0n) is 18.9. The van der Waals surface area contributed by atoms with Gasteiger partial charge in [0.15, 0.2) is 0 Å². The lowest BCUT2D eigenvalue weighted by atomic mass is 9.95. The largest absolute Gasteiger partial charge is 0.459 e. The van der Waals surface area contributed by atoms with Gasteiger partial charge in [0, 0.05) is 11.0 Å². The lowest BCUT2D eigenvalue weighted by molar-refractivity contribution is -0.140. The molecule has 1 heterocycles. The van der Waals surface area contributed by atoms with Crippen LogP contribution in [-0.4, -0.2) is 50.4 Å². The number of imide groups is 1. The highest BCUT2D eigenvalue weighted by Gasteiger charge is 2.37. The zero-order valence-corrected chi connectivity index (χ0v) is 19.7. The van der Waals surface area contributed by atoms with Crippen molar-refractivity contribution >= 4 is 44.6 Å². The normalized spacial score (nSPS) is 13.0. The summed E-state index contributed by atoms with van der Waals surface area (Å²) < 4.78 is 40.6. The van der Waals surface area contributed by atoms with Gasteiger partial charge in [0.05, 0.1) is 21.6 Å². The van der Waals surface area contributed by atoms with E-state index in [-0.39, 0.29) is 40.5 Å². The van der Waals surface area contributed by atoms with E-state index in [1.54, 1.807) is 24.3 Å². The summed E-state index contributed by atoms with van der Waals surface area (Å²) in [5.41, 5.74) is 0.271. The average Bonchev–Trinajstić information content (AvgIpc) is 2.87. The SMILES string of the molecule is C=C(C)C(=O)OCCOC(=O)c1cccc(S(=O)(=O)ON2C(=O)c3cccc4cccc(c34)C2=O)c1. The van der Waals surface area contributed by atoms with Crippen molar-refractivity contribution in [3.63, 3.8) is 0 Å². The third-order valence-corrected chi connectivity index (χ3v) is 6.34. The number of rotatable bonds is 8. The molecule has 1 aliphatic rings. The van der Waals surface area contributed by atoms with Gasteiger partial charge >= 0.3 is 22.1 Å². The second kappa shape index (κ2) is 9.72. The second-order valence-corrected chi connectivity index (χ2v) is 9.25. The second-order valence-electron chi connectivity index (χ2n) is 7.72. The first-order chi connectivity index (χ1) is 17.1. The molecule has 0 bridgehead atoms. The molecule has 184 valence electrons. The van der Waals surface area contributed by atoms with Gasteiger partial charge in [-0.05, 0) is 42.6 Å². The summed E-state index contributed by atoms with van der Waals surface area (Å²) in [6.45, 7) is 4.40. The molecule has 0 saturated heterocycles. The highest BCUT2D eigenvalue weighted by atomic mass is 32.2. The molecule has 11 heteroatoms. The van der Waals surface area contributed by atoms with Crippen LogP contribution in [0.5, 0.6) is 0 Å². The van der Waals surface area contributed by atoms with Crippen molar-refractivity contribution in [3.05, 3.63) is 89.5 Å². The minimum Gasteiger partial charge on any atom is -0.459 e. The summed E-state index contributed by atoms with van der Waals surface area (Å²) in [6.07, 6.45) is 0. The van der Waals surface area contributed by atoms with E-state index in [2.05, 4.69) is 6.58 Å². The van der Waals surface area contributed by atoms with E-state index < -0.39 is 38.8 Å². The Balaban J connectivity index is 1.51. The molecule has 36 heavy (non-hydrogen) atoms. The molecule has 2 amide bonds. The van der Waals surface area contributed by atoms with Crippen molar-refractivity contribution in [2.45, 2.75) is 11.8 Å². The van der Waals surface area contributed by atoms with Crippen LogP contribution < -0.4 is 0 Å². The summed E-state index contributed by atoms with van der Waals surface area (Å²) in [4.78, 5) is 49.0. The highest BCUT2D eigenvalue weighted by molar-refractivity contribution is 7.86. The Morgan fingerprint density at radius 2 is 1.47 bits per heavy atom. The van der Waals surface area contributed by atoms with Crippen LogP contribution in [0, 0.1) is 0 Å². The van der Waals surface area contributed by atoms with Gasteiger partial charge in [0.2, 0.25) is 0 Å². The summed E-state index contributed by atoms with van der Waals surface area (Å²) in [5, 5.41) is 1.24. The van der Waals surface area contributed by atoms with E-state index in [1.807, 2.05) is 0 Å². The Morgan fingerprint density at radius 3 is 2.08 bits per heavy atom. The van der Waals surface area contributed by atoms with Crippen LogP contribution in [0.15, 0.2) is 77.7 Å². The van der Waals surface area contributed by atoms with Gasteiger partial charge in [-0.15, -0.1) is 9.35 Å². The molecule has 0 atom stereocenters. The molecule has 3 aromatic rings. The molecular formula is C25H19NO9S. The van der Waals surface area contributed by atoms with Crippen LogP contribution in [0.25, 0.3) is 10.8 Å². The lowest BCUT2D eigenvalue weighted by Crippen LogP contribution is -2.41. The van der Waals surface area contributed by atoms with Crippen LogP contribution in [-0.2, 0) is 28.7 Å². The van der Waals surface area contributed by atoms with Gasteiger partial charge in [-0.2, -0.15) is 8.42 Å². The fourth-order valence-corrected chi connectivity index (χ4v) is 4.41. The number of amides is 2. The Kier molecular flexibility index (Phi) is 6.69. The van der Waals surface area contributed by atoms with Crippen LogP contribution in [0.2, 0.25) is 0 Å². The number of carbonyl (C=O) groups is 4. The first-order valence-corrected chi connectivity index (χ1v) is 12.0. The van der Waals surface area contributed by atoms with E-state index in [4.69, 9.17) is 13.8 Å². The molecule has 0 saturated carbocycles. The van der Waals surface area contributed by atoms with E-state index >= 15 is 0 Å². The molecule has 1 aliphatic heterocycles. The third kappa shape index (κ3) is 4.74. The van der Waals surface area contributed by atoms with Crippen molar-refractivity contribution in [2.75, 3.05) is 13.2 Å². The van der Waals surface area contributed by atoms with Crippen LogP contribution >= 0.6 is 0 Å². The number of hydrogen-bond acceptors (Lipinski definition) is 9. The Labute approximate surface area is 205 Å². The first kappa shape index (κ1) is 24.8. The Morgan fingerprint density at radius 1 is 0.889 bits per heavy atom. The molecular weight excluding hydrogens is 490 g/mol. The van der Waals surface area contributed by atoms with Crippen LogP contribution in [0.3, 0.4) is 0 Å². The van der Waals surface area contributed by atoms with Crippen molar-refractivity contribution in [3.8, 4) is 0 Å². The van der Waals surface area contributed by atoms with E-state index in [0.29, 0.717) is 10.8 Å². The average molecular weight is 509 g/mol. The topological polar surface area (TPSA) is 133 Å². The fourth-order valence-electron chi connectivity index (χ4n) is 3.47. The molecule has 0 fully saturated rings. The molecule has 0 spiro atoms. The lowest BCUT2D eigenvalue weighted by Gasteiger charge is -2.25. The monoisotopic (exact) mass is 509 g/mol. The maximum absolute atomic E-state index is 12.9. The van der Waals surface area contributed by atoms with Crippen molar-refractivity contribution < 1.29 is 41.4 Å². The number of hydrogen-bond donors (Lipinski definition) is 0. The van der Waals surface area contributed by atoms with Crippen molar-refractivity contribution in [1.29, 1.82) is 0 Å². The Hall–Kier alpha value is -4.35. The maximum atomic E-state index is 12.9. The molecule has 4 rings (SSSR count). The van der Waals surface area contributed by atoms with Gasteiger partial charge in [0.1, 0.15) is 13.2 Å². The minimum atomic E-state index is -4.70. The zero-order chi connectivity index (χ0) is 26.0. The van der Waals surface area contributed by atoms with Gasteiger partial charge in [-0.3, -0.25) is 9.59 Å². The number of esters is 2. The number of benzene rings is 3. The van der Waals surface area contributed by atoms with Gasteiger partial charge in [0.25, 0.3) is 11.8 Å². The third-order valence-electron chi connectivity index (χ3n) is 5.16. The standard InChI is InChI=1S/C25H19NO9S/c1-15(2)24(29)33-12-13-34-25(30)17-8-3-9-18(14-17)36(31,32)35-26-22(27)19-10-4-6-16-7-5-11-20(21(16)19)23(26)28/h3-11,14H,1,12-13H2,2H3. The quantitative estimate of drug-likeness (QED) is 0.194. The van der Waals surface area contributed by atoms with E-state index in [0.717, 1.165) is 12.1 Å². The Bertz CT molecular complexity index is 1490. The van der Waals surface area contributed by atoms with Crippen molar-refractivity contribution in [1.82, 2.24) is 5.06 Å². The smallest absolute Gasteiger partial charge is 0.338 e. The highest BCUT2D eigenvalue weighted by Crippen LogP contribution is 2.31. The fraction of sp³-hybridized carbons (Fsp3) is 0.120. The molecule has 0 aromatic heterocycles.